The van der Waals surface area contributed by atoms with Gasteiger partial charge in [0.1, 0.15) is 0 Å². The number of aryl methyl sites for hydroxylation is 1. The highest BCUT2D eigenvalue weighted by Gasteiger charge is 2.10. The van der Waals surface area contributed by atoms with Crippen molar-refractivity contribution in [2.45, 2.75) is 13.3 Å². The summed E-state index contributed by atoms with van der Waals surface area (Å²) >= 11 is 0. The SMILES string of the molecule is Cc1ccc(C(=O)NCCC(=O)O)cc1NS(C)(=O)=O. The van der Waals surface area contributed by atoms with Crippen molar-refractivity contribution in [3.8, 4) is 0 Å². The molecule has 1 rings (SSSR count). The molecule has 1 aromatic rings. The molecule has 0 heterocycles. The minimum atomic E-state index is -3.43. The third kappa shape index (κ3) is 5.27. The molecule has 1 aromatic carbocycles. The second-order valence-electron chi connectivity index (χ2n) is 4.30. The summed E-state index contributed by atoms with van der Waals surface area (Å²) in [5, 5.41) is 10.9. The van der Waals surface area contributed by atoms with Crippen molar-refractivity contribution < 1.29 is 23.1 Å². The van der Waals surface area contributed by atoms with E-state index in [0.717, 1.165) is 6.26 Å². The van der Waals surface area contributed by atoms with E-state index in [9.17, 15) is 18.0 Å². The molecule has 0 aliphatic carbocycles. The summed E-state index contributed by atoms with van der Waals surface area (Å²) in [7, 11) is -3.43. The summed E-state index contributed by atoms with van der Waals surface area (Å²) in [6.07, 6.45) is 0.845. The maximum Gasteiger partial charge on any atom is 0.305 e. The Kier molecular flexibility index (Phi) is 5.09. The summed E-state index contributed by atoms with van der Waals surface area (Å²) in [5.74, 6) is -1.46. The van der Waals surface area contributed by atoms with Crippen LogP contribution < -0.4 is 10.0 Å². The minimum absolute atomic E-state index is 0.0108. The van der Waals surface area contributed by atoms with E-state index in [-0.39, 0.29) is 18.5 Å². The van der Waals surface area contributed by atoms with E-state index in [1.165, 1.54) is 6.07 Å². The zero-order valence-electron chi connectivity index (χ0n) is 11.1. The van der Waals surface area contributed by atoms with Crippen LogP contribution in [0.25, 0.3) is 0 Å². The number of rotatable bonds is 6. The maximum atomic E-state index is 11.8. The van der Waals surface area contributed by atoms with Gasteiger partial charge >= 0.3 is 5.97 Å². The Morgan fingerprint density at radius 3 is 2.50 bits per heavy atom. The molecule has 110 valence electrons. The van der Waals surface area contributed by atoms with E-state index < -0.39 is 21.9 Å². The second-order valence-corrected chi connectivity index (χ2v) is 6.05. The van der Waals surface area contributed by atoms with Crippen molar-refractivity contribution in [2.24, 2.45) is 0 Å². The van der Waals surface area contributed by atoms with Gasteiger partial charge in [0, 0.05) is 12.1 Å². The molecule has 0 aliphatic rings. The standard InChI is InChI=1S/C12H16N2O5S/c1-8-3-4-9(7-10(8)14-20(2,18)19)12(17)13-6-5-11(15)16/h3-4,7,14H,5-6H2,1-2H3,(H,13,17)(H,15,16). The van der Waals surface area contributed by atoms with Crippen LogP contribution in [0.2, 0.25) is 0 Å². The fourth-order valence-electron chi connectivity index (χ4n) is 1.46. The molecule has 0 aromatic heterocycles. The number of carbonyl (C=O) groups is 2. The maximum absolute atomic E-state index is 11.8. The zero-order chi connectivity index (χ0) is 15.3. The van der Waals surface area contributed by atoms with Crippen LogP contribution in [0, 0.1) is 6.92 Å². The average molecular weight is 300 g/mol. The molecule has 7 nitrogen and oxygen atoms in total. The summed E-state index contributed by atoms with van der Waals surface area (Å²) < 4.78 is 24.7. The molecule has 20 heavy (non-hydrogen) atoms. The first-order valence-electron chi connectivity index (χ1n) is 5.77. The van der Waals surface area contributed by atoms with Gasteiger partial charge in [-0.1, -0.05) is 6.07 Å². The lowest BCUT2D eigenvalue weighted by Crippen LogP contribution is -2.26. The zero-order valence-corrected chi connectivity index (χ0v) is 12.0. The number of nitrogens with one attached hydrogen (secondary N) is 2. The third-order valence-electron chi connectivity index (χ3n) is 2.42. The number of anilines is 1. The molecule has 3 N–H and O–H groups in total. The lowest BCUT2D eigenvalue weighted by Gasteiger charge is -2.10. The quantitative estimate of drug-likeness (QED) is 0.711. The highest BCUT2D eigenvalue weighted by atomic mass is 32.2. The molecule has 0 atom stereocenters. The lowest BCUT2D eigenvalue weighted by molar-refractivity contribution is -0.136. The van der Waals surface area contributed by atoms with Crippen LogP contribution in [0.1, 0.15) is 22.3 Å². The predicted octanol–water partition coefficient (Wildman–Crippen LogP) is 0.571. The van der Waals surface area contributed by atoms with Crippen LogP contribution in [0.15, 0.2) is 18.2 Å². The fourth-order valence-corrected chi connectivity index (χ4v) is 2.08. The first kappa shape index (κ1) is 16.0. The van der Waals surface area contributed by atoms with Crippen LogP contribution >= 0.6 is 0 Å². The smallest absolute Gasteiger partial charge is 0.305 e. The van der Waals surface area contributed by atoms with Gasteiger partial charge in [-0.2, -0.15) is 0 Å². The molecular weight excluding hydrogens is 284 g/mol. The Hall–Kier alpha value is -2.09. The third-order valence-corrected chi connectivity index (χ3v) is 3.01. The highest BCUT2D eigenvalue weighted by molar-refractivity contribution is 7.92. The summed E-state index contributed by atoms with van der Waals surface area (Å²) in [5.41, 5.74) is 1.25. The topological polar surface area (TPSA) is 113 Å². The van der Waals surface area contributed by atoms with Crippen molar-refractivity contribution in [1.82, 2.24) is 5.32 Å². The Bertz CT molecular complexity index is 625. The Morgan fingerprint density at radius 1 is 1.30 bits per heavy atom. The lowest BCUT2D eigenvalue weighted by atomic mass is 10.1. The van der Waals surface area contributed by atoms with E-state index in [1.807, 2.05) is 0 Å². The highest BCUT2D eigenvalue weighted by Crippen LogP contribution is 2.18. The van der Waals surface area contributed by atoms with Gasteiger partial charge in [-0.25, -0.2) is 8.42 Å². The number of hydrogen-bond donors (Lipinski definition) is 3. The van der Waals surface area contributed by atoms with E-state index in [2.05, 4.69) is 10.0 Å². The van der Waals surface area contributed by atoms with Gasteiger partial charge in [0.15, 0.2) is 0 Å². The number of sulfonamides is 1. The van der Waals surface area contributed by atoms with E-state index >= 15 is 0 Å². The van der Waals surface area contributed by atoms with Crippen LogP contribution in [0.4, 0.5) is 5.69 Å². The molecule has 1 amide bonds. The molecule has 0 aliphatic heterocycles. The van der Waals surface area contributed by atoms with Crippen molar-refractivity contribution in [3.63, 3.8) is 0 Å². The summed E-state index contributed by atoms with van der Waals surface area (Å²) in [6, 6.07) is 4.56. The van der Waals surface area contributed by atoms with Gasteiger partial charge in [0.25, 0.3) is 5.91 Å². The molecule has 0 radical (unpaired) electrons. The molecule has 8 heteroatoms. The Labute approximate surface area is 117 Å². The van der Waals surface area contributed by atoms with E-state index in [0.29, 0.717) is 11.3 Å². The van der Waals surface area contributed by atoms with Crippen molar-refractivity contribution in [3.05, 3.63) is 29.3 Å². The van der Waals surface area contributed by atoms with Gasteiger partial charge in [-0.3, -0.25) is 14.3 Å². The number of carboxylic acids is 1. The van der Waals surface area contributed by atoms with E-state index in [4.69, 9.17) is 5.11 Å². The first-order valence-corrected chi connectivity index (χ1v) is 7.66. The van der Waals surface area contributed by atoms with Crippen molar-refractivity contribution in [1.29, 1.82) is 0 Å². The number of amides is 1. The van der Waals surface area contributed by atoms with Crippen LogP contribution in [-0.2, 0) is 14.8 Å². The molecule has 0 fully saturated rings. The summed E-state index contributed by atoms with van der Waals surface area (Å²) in [4.78, 5) is 22.1. The first-order chi connectivity index (χ1) is 9.19. The average Bonchev–Trinajstić information content (AvgIpc) is 2.29. The van der Waals surface area contributed by atoms with Crippen LogP contribution in [-0.4, -0.2) is 38.2 Å². The Morgan fingerprint density at radius 2 is 1.95 bits per heavy atom. The summed E-state index contributed by atoms with van der Waals surface area (Å²) in [6.45, 7) is 1.72. The Balaban J connectivity index is 2.83. The van der Waals surface area contributed by atoms with Crippen LogP contribution in [0.3, 0.4) is 0 Å². The number of hydrogen-bond acceptors (Lipinski definition) is 4. The number of carboxylic acid groups (broad SMARTS) is 1. The number of aliphatic carboxylic acids is 1. The van der Waals surface area contributed by atoms with Gasteiger partial charge in [-0.15, -0.1) is 0 Å². The predicted molar refractivity (Wildman–Crippen MR) is 74.2 cm³/mol. The van der Waals surface area contributed by atoms with Gasteiger partial charge in [0.2, 0.25) is 10.0 Å². The molecular formula is C12H16N2O5S. The monoisotopic (exact) mass is 300 g/mol. The molecule has 0 bridgehead atoms. The largest absolute Gasteiger partial charge is 0.481 e. The fraction of sp³-hybridized carbons (Fsp3) is 0.333. The van der Waals surface area contributed by atoms with Crippen molar-refractivity contribution >= 4 is 27.6 Å². The van der Waals surface area contributed by atoms with Crippen LogP contribution in [0.5, 0.6) is 0 Å². The number of carbonyl (C=O) groups excluding carboxylic acids is 1. The molecule has 0 spiro atoms. The number of benzene rings is 1. The van der Waals surface area contributed by atoms with E-state index in [1.54, 1.807) is 19.1 Å². The molecule has 0 saturated heterocycles. The van der Waals surface area contributed by atoms with Gasteiger partial charge in [-0.05, 0) is 24.6 Å². The minimum Gasteiger partial charge on any atom is -0.481 e. The molecule has 0 unspecified atom stereocenters. The van der Waals surface area contributed by atoms with Gasteiger partial charge < -0.3 is 10.4 Å². The molecule has 0 saturated carbocycles. The normalized spacial score (nSPS) is 10.9. The van der Waals surface area contributed by atoms with Crippen molar-refractivity contribution in [2.75, 3.05) is 17.5 Å². The van der Waals surface area contributed by atoms with Gasteiger partial charge in [0.05, 0.1) is 18.4 Å². The second kappa shape index (κ2) is 6.38.